The van der Waals surface area contributed by atoms with Crippen LogP contribution in [0.25, 0.3) is 11.1 Å². The fraction of sp³-hybridized carbons (Fsp3) is 0.316. The molecule has 6 heteroatoms. The number of carbonyl (C=O) groups is 1. The lowest BCUT2D eigenvalue weighted by Crippen LogP contribution is -2.20. The zero-order chi connectivity index (χ0) is 18.0. The van der Waals surface area contributed by atoms with Gasteiger partial charge in [-0.15, -0.1) is 0 Å². The first-order chi connectivity index (χ1) is 12.0. The molecule has 1 aromatic heterocycles. The Bertz CT molecular complexity index is 870. The Morgan fingerprint density at radius 1 is 1.48 bits per heavy atom. The fourth-order valence-electron chi connectivity index (χ4n) is 3.28. The quantitative estimate of drug-likeness (QED) is 0.888. The number of carbonyl (C=O) groups excluding carboxylic acids is 1. The van der Waals surface area contributed by atoms with Crippen molar-refractivity contribution in [2.75, 3.05) is 12.3 Å². The van der Waals surface area contributed by atoms with E-state index in [9.17, 15) is 10.1 Å². The van der Waals surface area contributed by atoms with Crippen molar-refractivity contribution >= 4 is 11.7 Å². The van der Waals surface area contributed by atoms with Gasteiger partial charge in [0.05, 0.1) is 0 Å². The summed E-state index contributed by atoms with van der Waals surface area (Å²) in [4.78, 5) is 15.4. The van der Waals surface area contributed by atoms with Crippen LogP contribution in [0, 0.1) is 17.2 Å². The van der Waals surface area contributed by atoms with Crippen molar-refractivity contribution in [1.82, 2.24) is 4.98 Å². The number of hydrogen-bond donors (Lipinski definition) is 2. The van der Waals surface area contributed by atoms with Gasteiger partial charge in [0.2, 0.25) is 0 Å². The third kappa shape index (κ3) is 3.41. The van der Waals surface area contributed by atoms with Gasteiger partial charge in [0.1, 0.15) is 23.2 Å². The molecular formula is C19H20N4O2. The number of anilines is 1. The lowest BCUT2D eigenvalue weighted by Gasteiger charge is -2.25. The number of pyridine rings is 1. The highest BCUT2D eigenvalue weighted by atomic mass is 16.5. The van der Waals surface area contributed by atoms with Gasteiger partial charge in [-0.2, -0.15) is 5.26 Å². The molecular weight excluding hydrogens is 316 g/mol. The molecule has 128 valence electrons. The first-order valence-electron chi connectivity index (χ1n) is 8.22. The average molecular weight is 336 g/mol. The molecule has 2 aromatic rings. The van der Waals surface area contributed by atoms with E-state index in [0.29, 0.717) is 17.2 Å². The van der Waals surface area contributed by atoms with Crippen molar-refractivity contribution in [1.29, 1.82) is 5.26 Å². The van der Waals surface area contributed by atoms with E-state index in [2.05, 4.69) is 18.0 Å². The number of nitrogen functional groups attached to an aromatic ring is 1. The molecule has 0 radical (unpaired) electrons. The molecule has 0 fully saturated rings. The predicted molar refractivity (Wildman–Crippen MR) is 94.7 cm³/mol. The fourth-order valence-corrected chi connectivity index (χ4v) is 3.28. The normalized spacial score (nSPS) is 15.9. The number of hydrogen-bond acceptors (Lipinski definition) is 5. The van der Waals surface area contributed by atoms with Gasteiger partial charge >= 0.3 is 0 Å². The molecule has 1 aliphatic rings. The van der Waals surface area contributed by atoms with Crippen molar-refractivity contribution in [3.05, 3.63) is 41.1 Å². The standard InChI is InChI=1S/C19H20N4O2/c1-11-5-6-16-14(7-11)18(15(9-20)19(22)23-16)12-3-2-4-13(8-12)25-10-17(21)24/h2-4,8,11H,5-7,10H2,1H3,(H2,21,24)(H2,22,23). The zero-order valence-corrected chi connectivity index (χ0v) is 14.1. The number of aryl methyl sites for hydroxylation is 1. The van der Waals surface area contributed by atoms with Gasteiger partial charge in [-0.25, -0.2) is 4.98 Å². The highest BCUT2D eigenvalue weighted by Crippen LogP contribution is 2.38. The second kappa shape index (κ2) is 6.81. The van der Waals surface area contributed by atoms with Gasteiger partial charge < -0.3 is 16.2 Å². The Balaban J connectivity index is 2.13. The molecule has 1 aromatic carbocycles. The number of nitriles is 1. The summed E-state index contributed by atoms with van der Waals surface area (Å²) < 4.78 is 5.39. The van der Waals surface area contributed by atoms with Crippen LogP contribution in [0.2, 0.25) is 0 Å². The number of rotatable bonds is 4. The molecule has 1 unspecified atom stereocenters. The Kier molecular flexibility index (Phi) is 4.57. The van der Waals surface area contributed by atoms with E-state index in [-0.39, 0.29) is 12.4 Å². The summed E-state index contributed by atoms with van der Waals surface area (Å²) in [5, 5.41) is 9.61. The van der Waals surface area contributed by atoms with Crippen LogP contribution in [0.3, 0.4) is 0 Å². The Labute approximate surface area is 146 Å². The van der Waals surface area contributed by atoms with Crippen LogP contribution in [0.4, 0.5) is 5.82 Å². The van der Waals surface area contributed by atoms with Crippen LogP contribution in [0.5, 0.6) is 5.75 Å². The zero-order valence-electron chi connectivity index (χ0n) is 14.1. The van der Waals surface area contributed by atoms with E-state index in [1.54, 1.807) is 12.1 Å². The summed E-state index contributed by atoms with van der Waals surface area (Å²) in [6.45, 7) is 2.00. The van der Waals surface area contributed by atoms with Crippen molar-refractivity contribution in [2.45, 2.75) is 26.2 Å². The largest absolute Gasteiger partial charge is 0.484 e. The first kappa shape index (κ1) is 16.8. The molecule has 1 amide bonds. The maximum absolute atomic E-state index is 10.9. The minimum Gasteiger partial charge on any atom is -0.484 e. The van der Waals surface area contributed by atoms with Gasteiger partial charge in [0, 0.05) is 11.3 Å². The number of primary amides is 1. The van der Waals surface area contributed by atoms with Gasteiger partial charge in [0.25, 0.3) is 5.91 Å². The van der Waals surface area contributed by atoms with Crippen LogP contribution >= 0.6 is 0 Å². The smallest absolute Gasteiger partial charge is 0.255 e. The Morgan fingerprint density at radius 3 is 3.00 bits per heavy atom. The third-order valence-corrected chi connectivity index (χ3v) is 4.45. The molecule has 1 aliphatic carbocycles. The second-order valence-electron chi connectivity index (χ2n) is 6.41. The first-order valence-corrected chi connectivity index (χ1v) is 8.22. The SMILES string of the molecule is CC1CCc2nc(N)c(C#N)c(-c3cccc(OCC(N)=O)c3)c2C1. The summed E-state index contributed by atoms with van der Waals surface area (Å²) in [6.07, 6.45) is 2.78. The molecule has 0 saturated heterocycles. The molecule has 0 saturated carbocycles. The topological polar surface area (TPSA) is 115 Å². The number of amides is 1. The second-order valence-corrected chi connectivity index (χ2v) is 6.41. The van der Waals surface area contributed by atoms with Crippen LogP contribution in [0.1, 0.15) is 30.2 Å². The lowest BCUT2D eigenvalue weighted by atomic mass is 9.82. The van der Waals surface area contributed by atoms with Crippen molar-refractivity contribution in [3.63, 3.8) is 0 Å². The summed E-state index contributed by atoms with van der Waals surface area (Å²) in [6, 6.07) is 9.48. The van der Waals surface area contributed by atoms with Crippen LogP contribution in [-0.4, -0.2) is 17.5 Å². The molecule has 4 N–H and O–H groups in total. The number of fused-ring (bicyclic) bond motifs is 1. The van der Waals surface area contributed by atoms with E-state index in [4.69, 9.17) is 16.2 Å². The Morgan fingerprint density at radius 2 is 2.28 bits per heavy atom. The molecule has 3 rings (SSSR count). The van der Waals surface area contributed by atoms with Gasteiger partial charge in [-0.3, -0.25) is 4.79 Å². The molecule has 25 heavy (non-hydrogen) atoms. The van der Waals surface area contributed by atoms with Gasteiger partial charge in [0.15, 0.2) is 6.61 Å². The van der Waals surface area contributed by atoms with Crippen LogP contribution in [0.15, 0.2) is 24.3 Å². The van der Waals surface area contributed by atoms with E-state index in [0.717, 1.165) is 41.6 Å². The number of benzene rings is 1. The number of ether oxygens (including phenoxy) is 1. The maximum Gasteiger partial charge on any atom is 0.255 e. The van der Waals surface area contributed by atoms with Gasteiger partial charge in [-0.1, -0.05) is 19.1 Å². The average Bonchev–Trinajstić information content (AvgIpc) is 2.59. The summed E-state index contributed by atoms with van der Waals surface area (Å²) in [7, 11) is 0. The van der Waals surface area contributed by atoms with Crippen LogP contribution in [-0.2, 0) is 17.6 Å². The van der Waals surface area contributed by atoms with E-state index < -0.39 is 5.91 Å². The van der Waals surface area contributed by atoms with Crippen molar-refractivity contribution in [3.8, 4) is 22.9 Å². The molecule has 0 aliphatic heterocycles. The number of nitrogens with zero attached hydrogens (tertiary/aromatic N) is 2. The van der Waals surface area contributed by atoms with Crippen LogP contribution < -0.4 is 16.2 Å². The summed E-state index contributed by atoms with van der Waals surface area (Å²) in [5.41, 5.74) is 15.3. The maximum atomic E-state index is 10.9. The van der Waals surface area contributed by atoms with Crippen molar-refractivity contribution in [2.24, 2.45) is 11.7 Å². The molecule has 0 spiro atoms. The van der Waals surface area contributed by atoms with Crippen molar-refractivity contribution < 1.29 is 9.53 Å². The minimum absolute atomic E-state index is 0.192. The number of aromatic nitrogens is 1. The number of nitrogens with two attached hydrogens (primary N) is 2. The minimum atomic E-state index is -0.539. The summed E-state index contributed by atoms with van der Waals surface area (Å²) in [5.74, 6) is 0.766. The lowest BCUT2D eigenvalue weighted by molar-refractivity contribution is -0.119. The highest BCUT2D eigenvalue weighted by molar-refractivity contribution is 5.80. The Hall–Kier alpha value is -3.07. The van der Waals surface area contributed by atoms with E-state index in [1.165, 1.54) is 0 Å². The summed E-state index contributed by atoms with van der Waals surface area (Å²) >= 11 is 0. The third-order valence-electron chi connectivity index (χ3n) is 4.45. The molecule has 6 nitrogen and oxygen atoms in total. The monoisotopic (exact) mass is 336 g/mol. The van der Waals surface area contributed by atoms with Gasteiger partial charge in [-0.05, 0) is 48.4 Å². The molecule has 0 bridgehead atoms. The predicted octanol–water partition coefficient (Wildman–Crippen LogP) is 2.19. The molecule has 1 heterocycles. The van der Waals surface area contributed by atoms with E-state index >= 15 is 0 Å². The van der Waals surface area contributed by atoms with E-state index in [1.807, 2.05) is 12.1 Å². The molecule has 1 atom stereocenters. The highest BCUT2D eigenvalue weighted by Gasteiger charge is 2.24.